The van der Waals surface area contributed by atoms with Crippen LogP contribution in [0.4, 0.5) is 0 Å². The van der Waals surface area contributed by atoms with Gasteiger partial charge >= 0.3 is 5.97 Å². The third-order valence-electron chi connectivity index (χ3n) is 2.50. The van der Waals surface area contributed by atoms with Gasteiger partial charge in [-0.2, -0.15) is 11.8 Å². The summed E-state index contributed by atoms with van der Waals surface area (Å²) in [6.07, 6.45) is 3.46. The van der Waals surface area contributed by atoms with E-state index in [1.54, 1.807) is 18.0 Å². The number of thioether (sulfide) groups is 1. The third kappa shape index (κ3) is 5.60. The van der Waals surface area contributed by atoms with Crippen LogP contribution in [0.15, 0.2) is 22.8 Å². The molecule has 0 spiro atoms. The van der Waals surface area contributed by atoms with E-state index in [1.807, 2.05) is 12.1 Å². The van der Waals surface area contributed by atoms with E-state index in [9.17, 15) is 4.79 Å². The maximum atomic E-state index is 11.5. The maximum absolute atomic E-state index is 11.5. The smallest absolute Gasteiger partial charge is 0.322 e. The zero-order valence-electron chi connectivity index (χ0n) is 11.0. The topological polar surface area (TPSA) is 51.5 Å². The van der Waals surface area contributed by atoms with Crippen molar-refractivity contribution >= 4 is 17.7 Å². The highest BCUT2D eigenvalue weighted by Crippen LogP contribution is 2.14. The van der Waals surface area contributed by atoms with Crippen molar-refractivity contribution in [2.24, 2.45) is 0 Å². The molecule has 0 saturated carbocycles. The van der Waals surface area contributed by atoms with Crippen LogP contribution < -0.4 is 5.32 Å². The van der Waals surface area contributed by atoms with Gasteiger partial charge in [-0.1, -0.05) is 6.92 Å². The molecule has 0 radical (unpaired) electrons. The molecular weight excluding hydrogens is 250 g/mol. The van der Waals surface area contributed by atoms with Crippen molar-refractivity contribution in [2.75, 3.05) is 19.4 Å². The number of nitrogens with one attached hydrogen (secondary N) is 1. The first-order valence-corrected chi connectivity index (χ1v) is 7.34. The molecule has 0 saturated heterocycles. The van der Waals surface area contributed by atoms with Gasteiger partial charge in [0.05, 0.1) is 19.1 Å². The Bertz CT molecular complexity index is 327. The van der Waals surface area contributed by atoms with Crippen LogP contribution in [0.3, 0.4) is 0 Å². The quantitative estimate of drug-likeness (QED) is 0.552. The summed E-state index contributed by atoms with van der Waals surface area (Å²) in [5.74, 6) is 2.53. The van der Waals surface area contributed by atoms with Crippen LogP contribution in [0, 0.1) is 0 Å². The molecule has 1 heterocycles. The van der Waals surface area contributed by atoms with Gasteiger partial charge in [-0.25, -0.2) is 0 Å². The van der Waals surface area contributed by atoms with Crippen molar-refractivity contribution in [3.8, 4) is 0 Å². The molecule has 18 heavy (non-hydrogen) atoms. The third-order valence-corrected chi connectivity index (χ3v) is 3.51. The van der Waals surface area contributed by atoms with Gasteiger partial charge in [0.25, 0.3) is 0 Å². The van der Waals surface area contributed by atoms with E-state index >= 15 is 0 Å². The van der Waals surface area contributed by atoms with E-state index in [-0.39, 0.29) is 12.0 Å². The summed E-state index contributed by atoms with van der Waals surface area (Å²) >= 11 is 1.76. The average Bonchev–Trinajstić information content (AvgIpc) is 2.90. The molecule has 0 aromatic carbocycles. The second kappa shape index (κ2) is 9.05. The molecule has 1 aromatic rings. The zero-order valence-corrected chi connectivity index (χ0v) is 11.8. The Morgan fingerprint density at radius 1 is 1.61 bits per heavy atom. The number of hydrogen-bond acceptors (Lipinski definition) is 5. The molecule has 0 aliphatic rings. The lowest BCUT2D eigenvalue weighted by molar-refractivity contribution is -0.143. The number of carbonyl (C=O) groups is 1. The minimum Gasteiger partial charge on any atom is -0.468 e. The standard InChI is InChI=1S/C13H21NO3S/c1-3-7-14-12(13(15)16-2)6-9-18-10-11-5-4-8-17-11/h4-5,8,12,14H,3,6-7,9-10H2,1-2H3. The number of rotatable bonds is 9. The SMILES string of the molecule is CCCNC(CCSCc1ccco1)C(=O)OC. The largest absolute Gasteiger partial charge is 0.468 e. The van der Waals surface area contributed by atoms with Crippen LogP contribution in [0.2, 0.25) is 0 Å². The number of hydrogen-bond donors (Lipinski definition) is 1. The van der Waals surface area contributed by atoms with E-state index in [4.69, 9.17) is 9.15 Å². The lowest BCUT2D eigenvalue weighted by Gasteiger charge is -2.15. The van der Waals surface area contributed by atoms with Crippen LogP contribution in [0.5, 0.6) is 0 Å². The fourth-order valence-corrected chi connectivity index (χ4v) is 2.44. The summed E-state index contributed by atoms with van der Waals surface area (Å²) in [7, 11) is 1.43. The molecule has 1 aromatic heterocycles. The number of carbonyl (C=O) groups excluding carboxylic acids is 1. The van der Waals surface area contributed by atoms with Gasteiger partial charge in [-0.15, -0.1) is 0 Å². The first-order valence-electron chi connectivity index (χ1n) is 6.19. The van der Waals surface area contributed by atoms with Crippen LogP contribution in [0.25, 0.3) is 0 Å². The molecule has 1 N–H and O–H groups in total. The van der Waals surface area contributed by atoms with Crippen LogP contribution in [-0.2, 0) is 15.3 Å². The van der Waals surface area contributed by atoms with Crippen molar-refractivity contribution in [3.05, 3.63) is 24.2 Å². The van der Waals surface area contributed by atoms with Crippen LogP contribution >= 0.6 is 11.8 Å². The molecule has 0 bridgehead atoms. The highest BCUT2D eigenvalue weighted by Gasteiger charge is 2.17. The number of ether oxygens (including phenoxy) is 1. The van der Waals surface area contributed by atoms with Gasteiger partial charge in [-0.05, 0) is 37.3 Å². The molecule has 0 amide bonds. The van der Waals surface area contributed by atoms with Gasteiger partial charge in [0, 0.05) is 0 Å². The molecular formula is C13H21NO3S. The van der Waals surface area contributed by atoms with E-state index < -0.39 is 0 Å². The Labute approximate surface area is 112 Å². The minimum absolute atomic E-state index is 0.179. The lowest BCUT2D eigenvalue weighted by atomic mass is 10.2. The molecule has 1 unspecified atom stereocenters. The summed E-state index contributed by atoms with van der Waals surface area (Å²) < 4.78 is 10.0. The predicted molar refractivity (Wildman–Crippen MR) is 73.6 cm³/mol. The fourth-order valence-electron chi connectivity index (χ4n) is 1.53. The molecule has 0 aliphatic heterocycles. The van der Waals surface area contributed by atoms with Crippen molar-refractivity contribution < 1.29 is 13.9 Å². The maximum Gasteiger partial charge on any atom is 0.322 e. The van der Waals surface area contributed by atoms with Crippen molar-refractivity contribution in [2.45, 2.75) is 31.6 Å². The van der Waals surface area contributed by atoms with Gasteiger partial charge in [0.15, 0.2) is 0 Å². The Hall–Kier alpha value is -0.940. The van der Waals surface area contributed by atoms with Gasteiger partial charge in [0.1, 0.15) is 11.8 Å². The monoisotopic (exact) mass is 271 g/mol. The summed E-state index contributed by atoms with van der Waals surface area (Å²) in [6.45, 7) is 2.91. The lowest BCUT2D eigenvalue weighted by Crippen LogP contribution is -2.38. The highest BCUT2D eigenvalue weighted by molar-refractivity contribution is 7.98. The van der Waals surface area contributed by atoms with E-state index in [0.29, 0.717) is 0 Å². The molecule has 0 aliphatic carbocycles. The summed E-state index contributed by atoms with van der Waals surface area (Å²) in [6, 6.07) is 3.65. The molecule has 1 rings (SSSR count). The summed E-state index contributed by atoms with van der Waals surface area (Å²) in [5, 5.41) is 3.20. The zero-order chi connectivity index (χ0) is 13.2. The molecule has 1 atom stereocenters. The van der Waals surface area contributed by atoms with Crippen molar-refractivity contribution in [1.29, 1.82) is 0 Å². The van der Waals surface area contributed by atoms with Crippen LogP contribution in [-0.4, -0.2) is 31.4 Å². The van der Waals surface area contributed by atoms with Gasteiger partial charge in [-0.3, -0.25) is 4.79 Å². The number of furan rings is 1. The van der Waals surface area contributed by atoms with Gasteiger partial charge < -0.3 is 14.5 Å². The summed E-state index contributed by atoms with van der Waals surface area (Å²) in [5.41, 5.74) is 0. The van der Waals surface area contributed by atoms with E-state index in [2.05, 4.69) is 12.2 Å². The Morgan fingerprint density at radius 2 is 2.44 bits per heavy atom. The fraction of sp³-hybridized carbons (Fsp3) is 0.615. The Kier molecular flexibility index (Phi) is 7.60. The predicted octanol–water partition coefficient (Wildman–Crippen LogP) is 2.44. The van der Waals surface area contributed by atoms with E-state index in [0.717, 1.165) is 36.7 Å². The number of esters is 1. The van der Waals surface area contributed by atoms with Crippen molar-refractivity contribution in [3.63, 3.8) is 0 Å². The average molecular weight is 271 g/mol. The summed E-state index contributed by atoms with van der Waals surface area (Å²) in [4.78, 5) is 11.5. The van der Waals surface area contributed by atoms with Crippen molar-refractivity contribution in [1.82, 2.24) is 5.32 Å². The molecule has 102 valence electrons. The van der Waals surface area contributed by atoms with E-state index in [1.165, 1.54) is 7.11 Å². The first kappa shape index (κ1) is 15.1. The molecule has 0 fully saturated rings. The highest BCUT2D eigenvalue weighted by atomic mass is 32.2. The molecule has 4 nitrogen and oxygen atoms in total. The number of methoxy groups -OCH3 is 1. The minimum atomic E-state index is -0.195. The second-order valence-electron chi connectivity index (χ2n) is 3.95. The Morgan fingerprint density at radius 3 is 3.06 bits per heavy atom. The second-order valence-corrected chi connectivity index (χ2v) is 5.06. The van der Waals surface area contributed by atoms with Crippen LogP contribution in [0.1, 0.15) is 25.5 Å². The van der Waals surface area contributed by atoms with Gasteiger partial charge in [0.2, 0.25) is 0 Å². The molecule has 5 heteroatoms. The first-order chi connectivity index (χ1) is 8.77. The Balaban J connectivity index is 2.21. The normalized spacial score (nSPS) is 12.3.